The van der Waals surface area contributed by atoms with Gasteiger partial charge in [-0.25, -0.2) is 8.42 Å². The molecule has 0 bridgehead atoms. The van der Waals surface area contributed by atoms with Gasteiger partial charge in [-0.3, -0.25) is 14.4 Å². The molecule has 2 aromatic carbocycles. The van der Waals surface area contributed by atoms with E-state index in [0.29, 0.717) is 0 Å². The van der Waals surface area contributed by atoms with Gasteiger partial charge in [-0.2, -0.15) is 0 Å². The molecule has 0 aliphatic rings. The number of hydrogen-bond acceptors (Lipinski definition) is 5. The van der Waals surface area contributed by atoms with Crippen LogP contribution in [0.25, 0.3) is 0 Å². The van der Waals surface area contributed by atoms with Crippen LogP contribution in [0.5, 0.6) is 0 Å². The molecule has 0 aliphatic heterocycles. The van der Waals surface area contributed by atoms with E-state index < -0.39 is 14.9 Å². The van der Waals surface area contributed by atoms with Gasteiger partial charge in [0.25, 0.3) is 15.7 Å². The second-order valence-electron chi connectivity index (χ2n) is 4.54. The topological polar surface area (TPSA) is 80.5 Å². The van der Waals surface area contributed by atoms with Crippen molar-refractivity contribution in [3.8, 4) is 0 Å². The number of thioether (sulfide) groups is 1. The monoisotopic (exact) mass is 372 g/mol. The maximum atomic E-state index is 12.7. The molecule has 6 nitrogen and oxygen atoms in total. The van der Waals surface area contributed by atoms with Crippen molar-refractivity contribution in [1.29, 1.82) is 0 Å². The first-order chi connectivity index (χ1) is 10.8. The van der Waals surface area contributed by atoms with E-state index in [9.17, 15) is 18.5 Å². The van der Waals surface area contributed by atoms with Gasteiger partial charge in [0.05, 0.1) is 20.5 Å². The van der Waals surface area contributed by atoms with Crippen molar-refractivity contribution in [2.24, 2.45) is 0 Å². The molecule has 0 atom stereocenters. The third kappa shape index (κ3) is 3.60. The molecule has 0 heterocycles. The van der Waals surface area contributed by atoms with Gasteiger partial charge in [-0.15, -0.1) is 11.8 Å². The highest BCUT2D eigenvalue weighted by atomic mass is 35.5. The standard InChI is InChI=1S/C14H13ClN2O4S2/c1-16(14-9-10(17(18)19)3-8-13(14)15)23(20,21)12-6-4-11(22-2)5-7-12/h3-9H,1-2H3. The largest absolute Gasteiger partial charge is 0.271 e. The van der Waals surface area contributed by atoms with Gasteiger partial charge in [0, 0.05) is 24.1 Å². The van der Waals surface area contributed by atoms with Gasteiger partial charge in [-0.1, -0.05) is 11.6 Å². The van der Waals surface area contributed by atoms with Crippen molar-refractivity contribution in [3.63, 3.8) is 0 Å². The number of benzene rings is 2. The minimum Gasteiger partial charge on any atom is -0.268 e. The van der Waals surface area contributed by atoms with Crippen LogP contribution in [0.2, 0.25) is 5.02 Å². The molecule has 2 rings (SSSR count). The number of halogens is 1. The number of nitro groups is 1. The maximum Gasteiger partial charge on any atom is 0.271 e. The van der Waals surface area contributed by atoms with Crippen molar-refractivity contribution in [2.45, 2.75) is 9.79 Å². The summed E-state index contributed by atoms with van der Waals surface area (Å²) >= 11 is 7.50. The first kappa shape index (κ1) is 17.6. The smallest absolute Gasteiger partial charge is 0.268 e. The molecular weight excluding hydrogens is 360 g/mol. The van der Waals surface area contributed by atoms with Gasteiger partial charge < -0.3 is 0 Å². The normalized spacial score (nSPS) is 11.3. The number of sulfonamides is 1. The van der Waals surface area contributed by atoms with Crippen LogP contribution in [0.4, 0.5) is 11.4 Å². The minimum atomic E-state index is -3.86. The highest BCUT2D eigenvalue weighted by Gasteiger charge is 2.24. The van der Waals surface area contributed by atoms with Crippen LogP contribution in [0, 0.1) is 10.1 Å². The van der Waals surface area contributed by atoms with Gasteiger partial charge in [-0.05, 0) is 36.6 Å². The third-order valence-corrected chi connectivity index (χ3v) is 6.05. The molecule has 0 saturated carbocycles. The summed E-state index contributed by atoms with van der Waals surface area (Å²) in [6, 6.07) is 10.0. The lowest BCUT2D eigenvalue weighted by Gasteiger charge is -2.20. The fourth-order valence-electron chi connectivity index (χ4n) is 1.89. The third-order valence-electron chi connectivity index (χ3n) is 3.20. The molecule has 0 radical (unpaired) electrons. The van der Waals surface area contributed by atoms with Crippen LogP contribution in [0.15, 0.2) is 52.3 Å². The second kappa shape index (κ2) is 6.77. The Balaban J connectivity index is 2.47. The SMILES string of the molecule is CSc1ccc(S(=O)(=O)N(C)c2cc([N+](=O)[O-])ccc2Cl)cc1. The lowest BCUT2D eigenvalue weighted by Crippen LogP contribution is -2.26. The lowest BCUT2D eigenvalue weighted by atomic mass is 10.3. The Morgan fingerprint density at radius 3 is 2.30 bits per heavy atom. The van der Waals surface area contributed by atoms with Crippen LogP contribution in [-0.2, 0) is 10.0 Å². The summed E-state index contributed by atoms with van der Waals surface area (Å²) in [6.07, 6.45) is 1.89. The first-order valence-electron chi connectivity index (χ1n) is 6.34. The maximum absolute atomic E-state index is 12.7. The summed E-state index contributed by atoms with van der Waals surface area (Å²) in [5.74, 6) is 0. The number of rotatable bonds is 5. The number of nitro benzene ring substituents is 1. The van der Waals surface area contributed by atoms with E-state index in [4.69, 9.17) is 11.6 Å². The summed E-state index contributed by atoms with van der Waals surface area (Å²) < 4.78 is 26.3. The second-order valence-corrected chi connectivity index (χ2v) is 7.80. The zero-order valence-corrected chi connectivity index (χ0v) is 14.7. The van der Waals surface area contributed by atoms with Gasteiger partial charge in [0.15, 0.2) is 0 Å². The molecular formula is C14H13ClN2O4S2. The lowest BCUT2D eigenvalue weighted by molar-refractivity contribution is -0.384. The van der Waals surface area contributed by atoms with E-state index in [1.165, 1.54) is 43.1 Å². The van der Waals surface area contributed by atoms with E-state index in [1.807, 2.05) is 6.26 Å². The first-order valence-corrected chi connectivity index (χ1v) is 9.38. The average molecular weight is 373 g/mol. The molecule has 0 spiro atoms. The number of nitrogens with zero attached hydrogens (tertiary/aromatic N) is 2. The highest BCUT2D eigenvalue weighted by molar-refractivity contribution is 7.98. The van der Waals surface area contributed by atoms with E-state index in [-0.39, 0.29) is 21.3 Å². The molecule has 0 N–H and O–H groups in total. The molecule has 9 heteroatoms. The molecule has 0 unspecified atom stereocenters. The summed E-state index contributed by atoms with van der Waals surface area (Å²) in [7, 11) is -2.56. The van der Waals surface area contributed by atoms with Crippen molar-refractivity contribution < 1.29 is 13.3 Å². The Labute approximate surface area is 143 Å². The highest BCUT2D eigenvalue weighted by Crippen LogP contribution is 2.32. The quantitative estimate of drug-likeness (QED) is 0.453. The van der Waals surface area contributed by atoms with E-state index in [1.54, 1.807) is 12.1 Å². The van der Waals surface area contributed by atoms with E-state index in [0.717, 1.165) is 15.3 Å². The zero-order chi connectivity index (χ0) is 17.2. The van der Waals surface area contributed by atoms with Crippen LogP contribution in [0.3, 0.4) is 0 Å². The van der Waals surface area contributed by atoms with Crippen molar-refractivity contribution in [1.82, 2.24) is 0 Å². The van der Waals surface area contributed by atoms with Crippen molar-refractivity contribution in [2.75, 3.05) is 17.6 Å². The number of hydrogen-bond donors (Lipinski definition) is 0. The van der Waals surface area contributed by atoms with Crippen LogP contribution in [0.1, 0.15) is 0 Å². The fourth-order valence-corrected chi connectivity index (χ4v) is 3.80. The Morgan fingerprint density at radius 1 is 1.17 bits per heavy atom. The zero-order valence-electron chi connectivity index (χ0n) is 12.3. The molecule has 122 valence electrons. The average Bonchev–Trinajstić information content (AvgIpc) is 2.54. The molecule has 23 heavy (non-hydrogen) atoms. The molecule has 0 saturated heterocycles. The Morgan fingerprint density at radius 2 is 1.78 bits per heavy atom. The number of anilines is 1. The van der Waals surface area contributed by atoms with Crippen LogP contribution >= 0.6 is 23.4 Å². The van der Waals surface area contributed by atoms with Gasteiger partial charge >= 0.3 is 0 Å². The Kier molecular flexibility index (Phi) is 5.18. The Bertz CT molecular complexity index is 838. The predicted octanol–water partition coefficient (Wildman–Crippen LogP) is 3.80. The summed E-state index contributed by atoms with van der Waals surface area (Å²) in [6.45, 7) is 0. The summed E-state index contributed by atoms with van der Waals surface area (Å²) in [5.41, 5.74) is -0.181. The molecule has 2 aromatic rings. The summed E-state index contributed by atoms with van der Waals surface area (Å²) in [5, 5.41) is 11.0. The van der Waals surface area contributed by atoms with Crippen LogP contribution < -0.4 is 4.31 Å². The molecule has 0 aliphatic carbocycles. The van der Waals surface area contributed by atoms with Crippen molar-refractivity contribution in [3.05, 3.63) is 57.6 Å². The van der Waals surface area contributed by atoms with E-state index >= 15 is 0 Å². The van der Waals surface area contributed by atoms with Crippen LogP contribution in [-0.4, -0.2) is 26.6 Å². The number of non-ortho nitro benzene ring substituents is 1. The minimum absolute atomic E-state index is 0.0507. The van der Waals surface area contributed by atoms with Gasteiger partial charge in [0.2, 0.25) is 0 Å². The van der Waals surface area contributed by atoms with E-state index in [2.05, 4.69) is 0 Å². The van der Waals surface area contributed by atoms with Gasteiger partial charge in [0.1, 0.15) is 0 Å². The fraction of sp³-hybridized carbons (Fsp3) is 0.143. The van der Waals surface area contributed by atoms with Crippen molar-refractivity contribution >= 4 is 44.8 Å². The Hall–Kier alpha value is -1.77. The molecule has 0 fully saturated rings. The summed E-state index contributed by atoms with van der Waals surface area (Å²) in [4.78, 5) is 11.3. The molecule has 0 aromatic heterocycles. The molecule has 0 amide bonds. The predicted molar refractivity (Wildman–Crippen MR) is 91.9 cm³/mol.